The standard InChI is InChI=1S/C15H15Cl2NO/c1-9-4-15(19)10(2)3-14(9)18-8-11-5-12(16)7-13(17)6-11/h3-7,18-19H,8H2,1-2H3. The summed E-state index contributed by atoms with van der Waals surface area (Å²) < 4.78 is 0. The number of hydrogen-bond acceptors (Lipinski definition) is 2. The molecular weight excluding hydrogens is 281 g/mol. The monoisotopic (exact) mass is 295 g/mol. The summed E-state index contributed by atoms with van der Waals surface area (Å²) in [6, 6.07) is 9.15. The van der Waals surface area contributed by atoms with Crippen molar-refractivity contribution in [2.24, 2.45) is 0 Å². The van der Waals surface area contributed by atoms with Crippen LogP contribution in [0.3, 0.4) is 0 Å². The zero-order valence-corrected chi connectivity index (χ0v) is 12.3. The van der Waals surface area contributed by atoms with Crippen LogP contribution in [0.2, 0.25) is 10.0 Å². The van der Waals surface area contributed by atoms with Crippen LogP contribution in [-0.2, 0) is 6.54 Å². The number of hydrogen-bond donors (Lipinski definition) is 2. The molecule has 100 valence electrons. The third-order valence-electron chi connectivity index (χ3n) is 2.95. The molecule has 0 fully saturated rings. The van der Waals surface area contributed by atoms with Crippen molar-refractivity contribution in [1.82, 2.24) is 0 Å². The molecule has 0 radical (unpaired) electrons. The van der Waals surface area contributed by atoms with Gasteiger partial charge in [-0.25, -0.2) is 0 Å². The minimum absolute atomic E-state index is 0.314. The fourth-order valence-electron chi connectivity index (χ4n) is 1.90. The summed E-state index contributed by atoms with van der Waals surface area (Å²) in [6.07, 6.45) is 0. The van der Waals surface area contributed by atoms with Crippen molar-refractivity contribution in [3.63, 3.8) is 0 Å². The fraction of sp³-hybridized carbons (Fsp3) is 0.200. The zero-order valence-electron chi connectivity index (χ0n) is 10.8. The molecule has 2 aromatic rings. The lowest BCUT2D eigenvalue weighted by atomic mass is 10.1. The fourth-order valence-corrected chi connectivity index (χ4v) is 2.47. The van der Waals surface area contributed by atoms with Gasteiger partial charge in [-0.3, -0.25) is 0 Å². The first-order valence-electron chi connectivity index (χ1n) is 5.95. The van der Waals surface area contributed by atoms with E-state index in [4.69, 9.17) is 23.2 Å². The van der Waals surface area contributed by atoms with E-state index in [1.165, 1.54) is 0 Å². The third-order valence-corrected chi connectivity index (χ3v) is 3.38. The molecule has 19 heavy (non-hydrogen) atoms. The van der Waals surface area contributed by atoms with Crippen molar-refractivity contribution in [3.8, 4) is 5.75 Å². The number of anilines is 1. The predicted molar refractivity (Wildman–Crippen MR) is 81.4 cm³/mol. The lowest BCUT2D eigenvalue weighted by Gasteiger charge is -2.12. The molecule has 2 nitrogen and oxygen atoms in total. The van der Waals surface area contributed by atoms with Gasteiger partial charge in [-0.15, -0.1) is 0 Å². The highest BCUT2D eigenvalue weighted by Crippen LogP contribution is 2.26. The average molecular weight is 296 g/mol. The maximum atomic E-state index is 9.62. The Kier molecular flexibility index (Phi) is 4.23. The van der Waals surface area contributed by atoms with E-state index in [1.54, 1.807) is 12.1 Å². The highest BCUT2D eigenvalue weighted by atomic mass is 35.5. The Morgan fingerprint density at radius 3 is 2.21 bits per heavy atom. The summed E-state index contributed by atoms with van der Waals surface area (Å²) in [5.41, 5.74) is 3.85. The molecule has 0 aliphatic heterocycles. The van der Waals surface area contributed by atoms with Gasteiger partial charge in [0.25, 0.3) is 0 Å². The molecule has 0 saturated heterocycles. The minimum atomic E-state index is 0.314. The van der Waals surface area contributed by atoms with E-state index in [-0.39, 0.29) is 0 Å². The lowest BCUT2D eigenvalue weighted by Crippen LogP contribution is -2.01. The van der Waals surface area contributed by atoms with E-state index in [0.717, 1.165) is 22.4 Å². The maximum absolute atomic E-state index is 9.62. The molecule has 0 spiro atoms. The van der Waals surface area contributed by atoms with Crippen LogP contribution in [0.1, 0.15) is 16.7 Å². The van der Waals surface area contributed by atoms with Crippen molar-refractivity contribution < 1.29 is 5.11 Å². The number of rotatable bonds is 3. The summed E-state index contributed by atoms with van der Waals surface area (Å²) in [6.45, 7) is 4.45. The van der Waals surface area contributed by atoms with E-state index >= 15 is 0 Å². The Hall–Kier alpha value is -1.38. The van der Waals surface area contributed by atoms with Crippen LogP contribution in [0.25, 0.3) is 0 Å². The molecule has 4 heteroatoms. The van der Waals surface area contributed by atoms with E-state index in [0.29, 0.717) is 22.3 Å². The van der Waals surface area contributed by atoms with Crippen LogP contribution < -0.4 is 5.32 Å². The molecule has 0 aromatic heterocycles. The molecule has 2 aromatic carbocycles. The summed E-state index contributed by atoms with van der Waals surface area (Å²) in [5, 5.41) is 14.2. The Balaban J connectivity index is 2.16. The molecule has 2 rings (SSSR count). The first-order chi connectivity index (χ1) is 8.95. The number of benzene rings is 2. The van der Waals surface area contributed by atoms with E-state index < -0.39 is 0 Å². The van der Waals surface area contributed by atoms with Crippen molar-refractivity contribution in [2.75, 3.05) is 5.32 Å². The van der Waals surface area contributed by atoms with Crippen molar-refractivity contribution >= 4 is 28.9 Å². The SMILES string of the molecule is Cc1cc(NCc2cc(Cl)cc(Cl)c2)c(C)cc1O. The highest BCUT2D eigenvalue weighted by molar-refractivity contribution is 6.34. The second-order valence-electron chi connectivity index (χ2n) is 4.58. The number of phenolic OH excluding ortho intramolecular Hbond substituents is 1. The lowest BCUT2D eigenvalue weighted by molar-refractivity contribution is 0.471. The van der Waals surface area contributed by atoms with Gasteiger partial charge in [-0.2, -0.15) is 0 Å². The van der Waals surface area contributed by atoms with E-state index in [9.17, 15) is 5.11 Å². The zero-order chi connectivity index (χ0) is 14.0. The quantitative estimate of drug-likeness (QED) is 0.787. The number of aromatic hydroxyl groups is 1. The van der Waals surface area contributed by atoms with Crippen molar-refractivity contribution in [3.05, 3.63) is 57.1 Å². The highest BCUT2D eigenvalue weighted by Gasteiger charge is 2.04. The second kappa shape index (κ2) is 5.72. The van der Waals surface area contributed by atoms with Crippen LogP contribution in [0.4, 0.5) is 5.69 Å². The number of phenols is 1. The van der Waals surface area contributed by atoms with Crippen LogP contribution in [0.5, 0.6) is 5.75 Å². The van der Waals surface area contributed by atoms with Crippen molar-refractivity contribution in [2.45, 2.75) is 20.4 Å². The molecule has 0 aliphatic carbocycles. The van der Waals surface area contributed by atoms with Gasteiger partial charge in [0.2, 0.25) is 0 Å². The van der Waals surface area contributed by atoms with Gasteiger partial charge in [0.05, 0.1) is 0 Å². The van der Waals surface area contributed by atoms with Gasteiger partial charge >= 0.3 is 0 Å². The van der Waals surface area contributed by atoms with Crippen LogP contribution in [0, 0.1) is 13.8 Å². The molecule has 0 amide bonds. The van der Waals surface area contributed by atoms with Gasteiger partial charge in [0, 0.05) is 22.3 Å². The molecule has 0 atom stereocenters. The smallest absolute Gasteiger partial charge is 0.118 e. The van der Waals surface area contributed by atoms with Gasteiger partial charge in [0.15, 0.2) is 0 Å². The molecule has 2 N–H and O–H groups in total. The first-order valence-corrected chi connectivity index (χ1v) is 6.70. The Morgan fingerprint density at radius 2 is 1.58 bits per heavy atom. The van der Waals surface area contributed by atoms with Crippen LogP contribution >= 0.6 is 23.2 Å². The minimum Gasteiger partial charge on any atom is -0.508 e. The van der Waals surface area contributed by atoms with Gasteiger partial charge in [-0.1, -0.05) is 23.2 Å². The Labute approximate surface area is 123 Å². The maximum Gasteiger partial charge on any atom is 0.118 e. The largest absolute Gasteiger partial charge is 0.508 e. The van der Waals surface area contributed by atoms with Gasteiger partial charge < -0.3 is 10.4 Å². The summed E-state index contributed by atoms with van der Waals surface area (Å²) in [4.78, 5) is 0. The summed E-state index contributed by atoms with van der Waals surface area (Å²) in [7, 11) is 0. The summed E-state index contributed by atoms with van der Waals surface area (Å²) >= 11 is 11.9. The average Bonchev–Trinajstić information content (AvgIpc) is 2.31. The van der Waals surface area contributed by atoms with Gasteiger partial charge in [-0.05, 0) is 60.9 Å². The van der Waals surface area contributed by atoms with Crippen LogP contribution in [-0.4, -0.2) is 5.11 Å². The molecule has 0 saturated carbocycles. The molecule has 0 heterocycles. The molecule has 0 bridgehead atoms. The van der Waals surface area contributed by atoms with E-state index in [1.807, 2.05) is 32.0 Å². The first kappa shape index (κ1) is 14.0. The normalized spacial score (nSPS) is 10.5. The Morgan fingerprint density at radius 1 is 0.947 bits per heavy atom. The van der Waals surface area contributed by atoms with Crippen LogP contribution in [0.15, 0.2) is 30.3 Å². The third kappa shape index (κ3) is 3.55. The van der Waals surface area contributed by atoms with Crippen molar-refractivity contribution in [1.29, 1.82) is 0 Å². The predicted octanol–water partition coefficient (Wildman–Crippen LogP) is 4.93. The summed E-state index contributed by atoms with van der Waals surface area (Å²) in [5.74, 6) is 0.314. The molecular formula is C15H15Cl2NO. The number of nitrogens with one attached hydrogen (secondary N) is 1. The number of aryl methyl sites for hydroxylation is 2. The topological polar surface area (TPSA) is 32.3 Å². The van der Waals surface area contributed by atoms with E-state index in [2.05, 4.69) is 5.32 Å². The second-order valence-corrected chi connectivity index (χ2v) is 5.46. The van der Waals surface area contributed by atoms with Gasteiger partial charge in [0.1, 0.15) is 5.75 Å². The Bertz CT molecular complexity index is 591. The number of halogens is 2. The molecule has 0 unspecified atom stereocenters. The molecule has 0 aliphatic rings.